The molecule has 2 amide bonds. The quantitative estimate of drug-likeness (QED) is 0.886. The number of fused-ring (bicyclic) bond motifs is 2. The molecule has 1 aliphatic heterocycles. The molecule has 1 aromatic carbocycles. The first-order valence-electron chi connectivity index (χ1n) is 5.89. The molecular formula is C12H13N3O3S. The molecule has 0 saturated heterocycles. The van der Waals surface area contributed by atoms with Crippen molar-refractivity contribution in [1.29, 1.82) is 0 Å². The molecule has 1 aromatic heterocycles. The molecule has 0 spiro atoms. The van der Waals surface area contributed by atoms with E-state index in [-0.39, 0.29) is 18.9 Å². The van der Waals surface area contributed by atoms with Crippen molar-refractivity contribution in [3.63, 3.8) is 0 Å². The Morgan fingerprint density at radius 1 is 1.37 bits per heavy atom. The molecule has 2 aromatic rings. The van der Waals surface area contributed by atoms with E-state index in [2.05, 4.69) is 15.6 Å². The normalized spacial score (nSPS) is 13.0. The second-order valence-electron chi connectivity index (χ2n) is 4.45. The second-order valence-corrected chi connectivity index (χ2v) is 5.48. The van der Waals surface area contributed by atoms with Gasteiger partial charge in [-0.2, -0.15) is 0 Å². The van der Waals surface area contributed by atoms with Gasteiger partial charge in [-0.3, -0.25) is 5.32 Å². The van der Waals surface area contributed by atoms with Crippen LogP contribution in [0.15, 0.2) is 12.1 Å². The fourth-order valence-corrected chi connectivity index (χ4v) is 2.64. The predicted octanol–water partition coefficient (Wildman–Crippen LogP) is 2.55. The Labute approximate surface area is 113 Å². The average molecular weight is 279 g/mol. The maximum atomic E-state index is 11.6. The van der Waals surface area contributed by atoms with E-state index in [1.165, 1.54) is 11.3 Å². The lowest BCUT2D eigenvalue weighted by Gasteiger charge is -2.07. The summed E-state index contributed by atoms with van der Waals surface area (Å²) in [4.78, 5) is 15.9. The third-order valence-electron chi connectivity index (χ3n) is 2.52. The van der Waals surface area contributed by atoms with Crippen LogP contribution in [0, 0.1) is 0 Å². The van der Waals surface area contributed by atoms with Crippen LogP contribution in [0.25, 0.3) is 10.2 Å². The van der Waals surface area contributed by atoms with E-state index in [1.807, 2.05) is 26.0 Å². The minimum Gasteiger partial charge on any atom is -0.454 e. The number of aromatic nitrogens is 1. The number of carbonyl (C=O) groups excluding carboxylic acids is 1. The summed E-state index contributed by atoms with van der Waals surface area (Å²) < 4.78 is 11.5. The standard InChI is InChI=1S/C12H13N3O3S/c1-6(2)13-11(16)15-12-14-7-3-8-9(18-5-17-8)4-10(7)19-12/h3-4,6H,5H2,1-2H3,(H2,13,14,15,16). The highest BCUT2D eigenvalue weighted by Crippen LogP contribution is 2.38. The Kier molecular flexibility index (Phi) is 2.90. The number of hydrogen-bond acceptors (Lipinski definition) is 5. The van der Waals surface area contributed by atoms with Crippen LogP contribution in [0.5, 0.6) is 11.5 Å². The van der Waals surface area contributed by atoms with Gasteiger partial charge in [-0.05, 0) is 13.8 Å². The monoisotopic (exact) mass is 279 g/mol. The Bertz CT molecular complexity index is 597. The van der Waals surface area contributed by atoms with E-state index in [0.29, 0.717) is 16.6 Å². The zero-order valence-electron chi connectivity index (χ0n) is 10.5. The van der Waals surface area contributed by atoms with Crippen LogP contribution in [0.2, 0.25) is 0 Å². The Hall–Kier alpha value is -2.02. The highest BCUT2D eigenvalue weighted by atomic mass is 32.1. The Balaban J connectivity index is 1.84. The number of carbonyl (C=O) groups is 1. The fraction of sp³-hybridized carbons (Fsp3) is 0.333. The lowest BCUT2D eigenvalue weighted by Crippen LogP contribution is -2.34. The first-order valence-corrected chi connectivity index (χ1v) is 6.71. The number of hydrogen-bond donors (Lipinski definition) is 2. The maximum Gasteiger partial charge on any atom is 0.321 e. The number of ether oxygens (including phenoxy) is 2. The Morgan fingerprint density at radius 3 is 2.84 bits per heavy atom. The molecular weight excluding hydrogens is 266 g/mol. The van der Waals surface area contributed by atoms with E-state index in [4.69, 9.17) is 9.47 Å². The predicted molar refractivity (Wildman–Crippen MR) is 73.0 cm³/mol. The fourth-order valence-electron chi connectivity index (χ4n) is 1.77. The van der Waals surface area contributed by atoms with Crippen LogP contribution >= 0.6 is 11.3 Å². The number of thiazole rings is 1. The average Bonchev–Trinajstić information content (AvgIpc) is 2.88. The van der Waals surface area contributed by atoms with Crippen LogP contribution in [0.3, 0.4) is 0 Å². The van der Waals surface area contributed by atoms with E-state index in [1.54, 1.807) is 0 Å². The van der Waals surface area contributed by atoms with Gasteiger partial charge in [0.05, 0.1) is 10.2 Å². The molecule has 0 atom stereocenters. The highest BCUT2D eigenvalue weighted by molar-refractivity contribution is 7.22. The van der Waals surface area contributed by atoms with Gasteiger partial charge in [0.25, 0.3) is 0 Å². The van der Waals surface area contributed by atoms with Gasteiger partial charge in [-0.1, -0.05) is 11.3 Å². The number of nitrogens with one attached hydrogen (secondary N) is 2. The van der Waals surface area contributed by atoms with Crippen molar-refractivity contribution in [1.82, 2.24) is 10.3 Å². The topological polar surface area (TPSA) is 72.5 Å². The second kappa shape index (κ2) is 4.58. The lowest BCUT2D eigenvalue weighted by atomic mass is 10.3. The van der Waals surface area contributed by atoms with Crippen molar-refractivity contribution in [3.8, 4) is 11.5 Å². The van der Waals surface area contributed by atoms with E-state index < -0.39 is 0 Å². The zero-order chi connectivity index (χ0) is 13.4. The number of anilines is 1. The number of nitrogens with zero attached hydrogens (tertiary/aromatic N) is 1. The smallest absolute Gasteiger partial charge is 0.321 e. The molecule has 2 N–H and O–H groups in total. The minimum atomic E-state index is -0.255. The van der Waals surface area contributed by atoms with Gasteiger partial charge < -0.3 is 14.8 Å². The van der Waals surface area contributed by atoms with Crippen LogP contribution in [-0.2, 0) is 0 Å². The van der Waals surface area contributed by atoms with Crippen molar-refractivity contribution in [2.24, 2.45) is 0 Å². The first-order chi connectivity index (χ1) is 9.11. The van der Waals surface area contributed by atoms with Gasteiger partial charge in [0.15, 0.2) is 16.6 Å². The van der Waals surface area contributed by atoms with Gasteiger partial charge in [0, 0.05) is 18.2 Å². The molecule has 0 fully saturated rings. The van der Waals surface area contributed by atoms with Crippen LogP contribution in [0.1, 0.15) is 13.8 Å². The van der Waals surface area contributed by atoms with Crippen molar-refractivity contribution < 1.29 is 14.3 Å². The zero-order valence-corrected chi connectivity index (χ0v) is 11.3. The summed E-state index contributed by atoms with van der Waals surface area (Å²) in [5.74, 6) is 1.41. The third kappa shape index (κ3) is 2.41. The molecule has 0 bridgehead atoms. The number of rotatable bonds is 2. The molecule has 19 heavy (non-hydrogen) atoms. The summed E-state index contributed by atoms with van der Waals surface area (Å²) in [6.07, 6.45) is 0. The SMILES string of the molecule is CC(C)NC(=O)Nc1nc2cc3c(cc2s1)OCO3. The minimum absolute atomic E-state index is 0.0833. The molecule has 0 aliphatic carbocycles. The number of amides is 2. The maximum absolute atomic E-state index is 11.6. The van der Waals surface area contributed by atoms with E-state index >= 15 is 0 Å². The van der Waals surface area contributed by atoms with Gasteiger partial charge >= 0.3 is 6.03 Å². The first kappa shape index (κ1) is 12.0. The molecule has 0 unspecified atom stereocenters. The molecule has 6 nitrogen and oxygen atoms in total. The van der Waals surface area contributed by atoms with Crippen LogP contribution in [0.4, 0.5) is 9.93 Å². The van der Waals surface area contributed by atoms with Crippen LogP contribution < -0.4 is 20.1 Å². The summed E-state index contributed by atoms with van der Waals surface area (Å²) >= 11 is 1.40. The summed E-state index contributed by atoms with van der Waals surface area (Å²) in [6, 6.07) is 3.52. The summed E-state index contributed by atoms with van der Waals surface area (Å²) in [6.45, 7) is 4.04. The molecule has 0 radical (unpaired) electrons. The molecule has 0 saturated carbocycles. The largest absolute Gasteiger partial charge is 0.454 e. The molecule has 3 rings (SSSR count). The summed E-state index contributed by atoms with van der Waals surface area (Å²) in [7, 11) is 0. The summed E-state index contributed by atoms with van der Waals surface area (Å²) in [5.41, 5.74) is 0.786. The molecule has 2 heterocycles. The van der Waals surface area contributed by atoms with Crippen molar-refractivity contribution >= 4 is 32.7 Å². The Morgan fingerprint density at radius 2 is 2.11 bits per heavy atom. The van der Waals surface area contributed by atoms with E-state index in [9.17, 15) is 4.79 Å². The number of benzene rings is 1. The van der Waals surface area contributed by atoms with Gasteiger partial charge in [0.2, 0.25) is 6.79 Å². The van der Waals surface area contributed by atoms with Crippen molar-refractivity contribution in [2.75, 3.05) is 12.1 Å². The van der Waals surface area contributed by atoms with Crippen molar-refractivity contribution in [2.45, 2.75) is 19.9 Å². The van der Waals surface area contributed by atoms with Crippen LogP contribution in [-0.4, -0.2) is 23.8 Å². The van der Waals surface area contributed by atoms with Crippen molar-refractivity contribution in [3.05, 3.63) is 12.1 Å². The van der Waals surface area contributed by atoms with E-state index in [0.717, 1.165) is 10.2 Å². The van der Waals surface area contributed by atoms with Gasteiger partial charge in [0.1, 0.15) is 0 Å². The number of urea groups is 1. The summed E-state index contributed by atoms with van der Waals surface area (Å²) in [5, 5.41) is 6.01. The molecule has 7 heteroatoms. The molecule has 100 valence electrons. The highest BCUT2D eigenvalue weighted by Gasteiger charge is 2.17. The third-order valence-corrected chi connectivity index (χ3v) is 3.46. The van der Waals surface area contributed by atoms with Gasteiger partial charge in [-0.25, -0.2) is 9.78 Å². The lowest BCUT2D eigenvalue weighted by molar-refractivity contribution is 0.174. The van der Waals surface area contributed by atoms with Gasteiger partial charge in [-0.15, -0.1) is 0 Å². The molecule has 1 aliphatic rings.